The van der Waals surface area contributed by atoms with E-state index in [-0.39, 0.29) is 0 Å². The highest BCUT2D eigenvalue weighted by atomic mass is 79.9. The molecule has 3 nitrogen and oxygen atoms in total. The standard InChI is InChI=1S/C16H10BrClN2O/c17-12-4-3-5-13(8-12)20-9-11(10-21)16(19-20)14-6-1-2-7-15(14)18/h1-10H. The zero-order valence-corrected chi connectivity index (χ0v) is 13.2. The van der Waals surface area contributed by atoms with Crippen LogP contribution >= 0.6 is 27.5 Å². The van der Waals surface area contributed by atoms with Gasteiger partial charge in [-0.1, -0.05) is 51.8 Å². The van der Waals surface area contributed by atoms with Gasteiger partial charge >= 0.3 is 0 Å². The Balaban J connectivity index is 2.15. The highest BCUT2D eigenvalue weighted by molar-refractivity contribution is 9.10. The van der Waals surface area contributed by atoms with Crippen LogP contribution < -0.4 is 0 Å². The van der Waals surface area contributed by atoms with Crippen molar-refractivity contribution in [1.82, 2.24) is 9.78 Å². The van der Waals surface area contributed by atoms with Crippen molar-refractivity contribution in [2.24, 2.45) is 0 Å². The minimum Gasteiger partial charge on any atom is -0.298 e. The number of carbonyl (C=O) groups excluding carboxylic acids is 1. The lowest BCUT2D eigenvalue weighted by molar-refractivity contribution is 0.112. The Bertz CT molecular complexity index is 814. The summed E-state index contributed by atoms with van der Waals surface area (Å²) in [6.45, 7) is 0. The first-order valence-electron chi connectivity index (χ1n) is 6.25. The fourth-order valence-electron chi connectivity index (χ4n) is 2.09. The molecular formula is C16H10BrClN2O. The molecule has 0 saturated heterocycles. The Morgan fingerprint density at radius 2 is 1.95 bits per heavy atom. The van der Waals surface area contributed by atoms with Crippen LogP contribution in [0.2, 0.25) is 5.02 Å². The van der Waals surface area contributed by atoms with Crippen molar-refractivity contribution in [3.05, 3.63) is 69.8 Å². The van der Waals surface area contributed by atoms with Gasteiger partial charge in [-0.3, -0.25) is 4.79 Å². The average molecular weight is 362 g/mol. The average Bonchev–Trinajstić information content (AvgIpc) is 2.92. The van der Waals surface area contributed by atoms with Crippen molar-refractivity contribution in [3.8, 4) is 16.9 Å². The number of halogens is 2. The van der Waals surface area contributed by atoms with Crippen LogP contribution in [-0.4, -0.2) is 16.1 Å². The van der Waals surface area contributed by atoms with Crippen LogP contribution in [0.3, 0.4) is 0 Å². The fourth-order valence-corrected chi connectivity index (χ4v) is 2.70. The summed E-state index contributed by atoms with van der Waals surface area (Å²) in [4.78, 5) is 11.3. The SMILES string of the molecule is O=Cc1cn(-c2cccc(Br)c2)nc1-c1ccccc1Cl. The molecule has 0 fully saturated rings. The summed E-state index contributed by atoms with van der Waals surface area (Å²) in [6.07, 6.45) is 2.49. The number of hydrogen-bond donors (Lipinski definition) is 0. The number of nitrogens with zero attached hydrogens (tertiary/aromatic N) is 2. The van der Waals surface area contributed by atoms with E-state index in [9.17, 15) is 4.79 Å². The Kier molecular flexibility index (Phi) is 3.90. The van der Waals surface area contributed by atoms with Gasteiger partial charge in [0.05, 0.1) is 16.3 Å². The molecule has 3 rings (SSSR count). The summed E-state index contributed by atoms with van der Waals surface area (Å²) in [6, 6.07) is 15.0. The van der Waals surface area contributed by atoms with Gasteiger partial charge in [0, 0.05) is 16.2 Å². The first kappa shape index (κ1) is 14.0. The third kappa shape index (κ3) is 2.77. The number of rotatable bonds is 3. The Labute approximate surface area is 135 Å². The maximum Gasteiger partial charge on any atom is 0.153 e. The molecule has 104 valence electrons. The number of carbonyl (C=O) groups is 1. The molecule has 0 N–H and O–H groups in total. The Morgan fingerprint density at radius 1 is 1.14 bits per heavy atom. The lowest BCUT2D eigenvalue weighted by atomic mass is 10.1. The van der Waals surface area contributed by atoms with Crippen molar-refractivity contribution in [2.75, 3.05) is 0 Å². The van der Waals surface area contributed by atoms with Crippen molar-refractivity contribution in [3.63, 3.8) is 0 Å². The highest BCUT2D eigenvalue weighted by Crippen LogP contribution is 2.29. The molecule has 0 bridgehead atoms. The molecule has 0 amide bonds. The fraction of sp³-hybridized carbons (Fsp3) is 0. The van der Waals surface area contributed by atoms with Crippen molar-refractivity contribution >= 4 is 33.8 Å². The normalized spacial score (nSPS) is 10.6. The summed E-state index contributed by atoms with van der Waals surface area (Å²) >= 11 is 9.62. The predicted octanol–water partition coefficient (Wildman–Crippen LogP) is 4.77. The quantitative estimate of drug-likeness (QED) is 0.630. The number of benzene rings is 2. The first-order valence-corrected chi connectivity index (χ1v) is 7.42. The molecular weight excluding hydrogens is 352 g/mol. The third-order valence-corrected chi connectivity index (χ3v) is 3.89. The second-order valence-electron chi connectivity index (χ2n) is 4.46. The Morgan fingerprint density at radius 3 is 2.67 bits per heavy atom. The van der Waals surface area contributed by atoms with E-state index < -0.39 is 0 Å². The molecule has 0 spiro atoms. The van der Waals surface area contributed by atoms with E-state index in [1.54, 1.807) is 16.9 Å². The lowest BCUT2D eigenvalue weighted by Gasteiger charge is -2.02. The number of aromatic nitrogens is 2. The summed E-state index contributed by atoms with van der Waals surface area (Å²) in [5.74, 6) is 0. The Hall–Kier alpha value is -1.91. The van der Waals surface area contributed by atoms with Crippen LogP contribution in [0.5, 0.6) is 0 Å². The molecule has 0 aliphatic heterocycles. The van der Waals surface area contributed by atoms with Gasteiger partial charge < -0.3 is 0 Å². The monoisotopic (exact) mass is 360 g/mol. The first-order chi connectivity index (χ1) is 10.2. The molecule has 0 aliphatic rings. The van der Waals surface area contributed by atoms with Gasteiger partial charge in [-0.2, -0.15) is 5.10 Å². The van der Waals surface area contributed by atoms with Crippen LogP contribution in [0.15, 0.2) is 59.2 Å². The molecule has 0 saturated carbocycles. The summed E-state index contributed by atoms with van der Waals surface area (Å²) in [5, 5.41) is 5.07. The van der Waals surface area contributed by atoms with Crippen molar-refractivity contribution in [1.29, 1.82) is 0 Å². The lowest BCUT2D eigenvalue weighted by Crippen LogP contribution is -1.94. The molecule has 1 aromatic heterocycles. The van der Waals surface area contributed by atoms with Crippen LogP contribution in [-0.2, 0) is 0 Å². The van der Waals surface area contributed by atoms with E-state index in [2.05, 4.69) is 21.0 Å². The molecule has 5 heteroatoms. The maximum atomic E-state index is 11.3. The minimum absolute atomic E-state index is 0.503. The predicted molar refractivity (Wildman–Crippen MR) is 87.1 cm³/mol. The maximum absolute atomic E-state index is 11.3. The van der Waals surface area contributed by atoms with Crippen molar-refractivity contribution < 1.29 is 4.79 Å². The largest absolute Gasteiger partial charge is 0.298 e. The van der Waals surface area contributed by atoms with Gasteiger partial charge in [-0.15, -0.1) is 0 Å². The molecule has 0 atom stereocenters. The van der Waals surface area contributed by atoms with Crippen molar-refractivity contribution in [2.45, 2.75) is 0 Å². The minimum atomic E-state index is 0.503. The van der Waals surface area contributed by atoms with E-state index in [4.69, 9.17) is 11.6 Å². The van der Waals surface area contributed by atoms with Crippen LogP contribution in [0.25, 0.3) is 16.9 Å². The smallest absolute Gasteiger partial charge is 0.153 e. The molecule has 0 aliphatic carbocycles. The highest BCUT2D eigenvalue weighted by Gasteiger charge is 2.14. The van der Waals surface area contributed by atoms with Crippen LogP contribution in [0.4, 0.5) is 0 Å². The van der Waals surface area contributed by atoms with Gasteiger partial charge in [-0.05, 0) is 24.3 Å². The van der Waals surface area contributed by atoms with Gasteiger partial charge in [0.15, 0.2) is 6.29 Å². The zero-order valence-electron chi connectivity index (χ0n) is 10.8. The van der Waals surface area contributed by atoms with E-state index >= 15 is 0 Å². The van der Waals surface area contributed by atoms with E-state index in [0.717, 1.165) is 22.0 Å². The molecule has 3 aromatic rings. The van der Waals surface area contributed by atoms with E-state index in [1.165, 1.54) is 0 Å². The topological polar surface area (TPSA) is 34.9 Å². The van der Waals surface area contributed by atoms with Gasteiger partial charge in [-0.25, -0.2) is 4.68 Å². The molecule has 0 unspecified atom stereocenters. The summed E-state index contributed by atoms with van der Waals surface area (Å²) < 4.78 is 2.62. The number of hydrogen-bond acceptors (Lipinski definition) is 2. The summed E-state index contributed by atoms with van der Waals surface area (Å²) in [7, 11) is 0. The molecule has 21 heavy (non-hydrogen) atoms. The molecule has 1 heterocycles. The van der Waals surface area contributed by atoms with E-state index in [1.807, 2.05) is 42.5 Å². The second kappa shape index (κ2) is 5.84. The van der Waals surface area contributed by atoms with Gasteiger partial charge in [0.1, 0.15) is 5.69 Å². The van der Waals surface area contributed by atoms with Crippen LogP contribution in [0.1, 0.15) is 10.4 Å². The molecule has 0 radical (unpaired) electrons. The summed E-state index contributed by atoms with van der Waals surface area (Å²) in [5.41, 5.74) is 2.69. The third-order valence-electron chi connectivity index (χ3n) is 3.07. The van der Waals surface area contributed by atoms with Gasteiger partial charge in [0.25, 0.3) is 0 Å². The van der Waals surface area contributed by atoms with Crippen LogP contribution in [0, 0.1) is 0 Å². The number of aldehydes is 1. The second-order valence-corrected chi connectivity index (χ2v) is 5.78. The van der Waals surface area contributed by atoms with E-state index in [0.29, 0.717) is 16.3 Å². The van der Waals surface area contributed by atoms with Gasteiger partial charge in [0.2, 0.25) is 0 Å². The zero-order chi connectivity index (χ0) is 14.8. The molecule has 2 aromatic carbocycles.